The van der Waals surface area contributed by atoms with Gasteiger partial charge in [0, 0.05) is 38.7 Å². The fraction of sp³-hybridized carbons (Fsp3) is 0.600. The fourth-order valence-electron chi connectivity index (χ4n) is 4.43. The molecule has 0 spiro atoms. The molecule has 1 aromatic carbocycles. The first-order valence-electron chi connectivity index (χ1n) is 11.9. The van der Waals surface area contributed by atoms with Crippen molar-refractivity contribution in [2.75, 3.05) is 39.0 Å². The Labute approximate surface area is 204 Å². The highest BCUT2D eigenvalue weighted by Gasteiger charge is 2.33. The second-order valence-corrected chi connectivity index (χ2v) is 11.6. The molecule has 34 heavy (non-hydrogen) atoms. The van der Waals surface area contributed by atoms with E-state index in [2.05, 4.69) is 35.3 Å². The van der Waals surface area contributed by atoms with Crippen LogP contribution in [0.4, 0.5) is 5.69 Å². The summed E-state index contributed by atoms with van der Waals surface area (Å²) in [6.07, 6.45) is 3.46. The number of amides is 2. The maximum absolute atomic E-state index is 12.8. The first-order valence-corrected chi connectivity index (χ1v) is 13.3. The number of carbonyl (C=O) groups is 2. The van der Waals surface area contributed by atoms with Crippen LogP contribution in [-0.2, 0) is 19.6 Å². The van der Waals surface area contributed by atoms with Crippen LogP contribution in [0, 0.1) is 23.7 Å². The van der Waals surface area contributed by atoms with Crippen molar-refractivity contribution in [2.24, 2.45) is 23.7 Å². The summed E-state index contributed by atoms with van der Waals surface area (Å²) in [5.41, 5.74) is 1.69. The summed E-state index contributed by atoms with van der Waals surface area (Å²) in [5, 5.41) is 5.62. The van der Waals surface area contributed by atoms with Crippen molar-refractivity contribution in [3.05, 3.63) is 35.9 Å². The summed E-state index contributed by atoms with van der Waals surface area (Å²) in [7, 11) is 0.268. The minimum Gasteiger partial charge on any atom is -0.355 e. The second kappa shape index (κ2) is 12.5. The third-order valence-corrected chi connectivity index (χ3v) is 7.83. The quantitative estimate of drug-likeness (QED) is 0.412. The maximum atomic E-state index is 12.8. The fourth-order valence-corrected chi connectivity index (χ4v) is 5.51. The van der Waals surface area contributed by atoms with E-state index in [9.17, 15) is 18.0 Å². The molecule has 0 aromatic heterocycles. The highest BCUT2D eigenvalue weighted by Crippen LogP contribution is 2.38. The number of likely N-dealkylation sites (N-methyl/N-ethyl adjacent to an activating group) is 1. The Hall–Kier alpha value is -2.23. The minimum atomic E-state index is -3.68. The Morgan fingerprint density at radius 3 is 2.35 bits per heavy atom. The van der Waals surface area contributed by atoms with Crippen molar-refractivity contribution < 1.29 is 18.0 Å². The SMILES string of the molecule is CC(=O)Nc1ccc(S(=O)(=O)NC[C@@H]2C=C(C)[C@H](CC(=O)NCCN(C)C)C[C@H]2C(C)C)cc1. The lowest BCUT2D eigenvalue weighted by Gasteiger charge is -2.37. The summed E-state index contributed by atoms with van der Waals surface area (Å²) in [6, 6.07) is 6.12. The molecule has 2 amide bonds. The van der Waals surface area contributed by atoms with Crippen LogP contribution in [0.2, 0.25) is 0 Å². The van der Waals surface area contributed by atoms with E-state index in [4.69, 9.17) is 0 Å². The summed E-state index contributed by atoms with van der Waals surface area (Å²) in [5.74, 6) is 0.701. The van der Waals surface area contributed by atoms with E-state index < -0.39 is 10.0 Å². The van der Waals surface area contributed by atoms with E-state index in [-0.39, 0.29) is 34.5 Å². The van der Waals surface area contributed by atoms with Gasteiger partial charge in [0.2, 0.25) is 21.8 Å². The van der Waals surface area contributed by atoms with Gasteiger partial charge in [-0.1, -0.05) is 25.5 Å². The zero-order chi connectivity index (χ0) is 25.5. The van der Waals surface area contributed by atoms with Gasteiger partial charge in [0.15, 0.2) is 0 Å². The molecule has 1 aliphatic rings. The number of sulfonamides is 1. The molecule has 1 aliphatic carbocycles. The second-order valence-electron chi connectivity index (χ2n) is 9.83. The van der Waals surface area contributed by atoms with Crippen molar-refractivity contribution in [1.29, 1.82) is 0 Å². The predicted molar refractivity (Wildman–Crippen MR) is 136 cm³/mol. The molecule has 0 heterocycles. The molecule has 2 rings (SSSR count). The highest BCUT2D eigenvalue weighted by atomic mass is 32.2. The van der Waals surface area contributed by atoms with Crippen LogP contribution in [0.3, 0.4) is 0 Å². The standard InChI is InChI=1S/C25H40N4O4S/c1-17(2)24-14-20(15-25(31)26-11-12-29(5)6)18(3)13-21(24)16-27-34(32,33)23-9-7-22(8-10-23)28-19(4)30/h7-10,13,17,20-21,24,27H,11-12,14-16H2,1-6H3,(H,26,31)(H,28,30)/t20-,21-,24-/m0/s1. The lowest BCUT2D eigenvalue weighted by Crippen LogP contribution is -2.38. The van der Waals surface area contributed by atoms with E-state index in [1.54, 1.807) is 12.1 Å². The number of nitrogens with zero attached hydrogens (tertiary/aromatic N) is 1. The molecule has 0 saturated heterocycles. The normalized spacial score (nSPS) is 20.8. The Morgan fingerprint density at radius 1 is 1.15 bits per heavy atom. The number of anilines is 1. The van der Waals surface area contributed by atoms with Crippen molar-refractivity contribution in [3.8, 4) is 0 Å². The van der Waals surface area contributed by atoms with Crippen LogP contribution in [0.5, 0.6) is 0 Å². The summed E-state index contributed by atoms with van der Waals surface area (Å²) >= 11 is 0. The van der Waals surface area contributed by atoms with Gasteiger partial charge in [-0.3, -0.25) is 9.59 Å². The first-order chi connectivity index (χ1) is 15.9. The van der Waals surface area contributed by atoms with Crippen LogP contribution in [0.1, 0.15) is 40.5 Å². The molecule has 3 N–H and O–H groups in total. The van der Waals surface area contributed by atoms with Crippen LogP contribution < -0.4 is 15.4 Å². The van der Waals surface area contributed by atoms with Gasteiger partial charge < -0.3 is 15.5 Å². The third-order valence-electron chi connectivity index (χ3n) is 6.39. The largest absolute Gasteiger partial charge is 0.355 e. The van der Waals surface area contributed by atoms with E-state index in [1.807, 2.05) is 25.9 Å². The van der Waals surface area contributed by atoms with Gasteiger partial charge in [0.1, 0.15) is 0 Å². The Morgan fingerprint density at radius 2 is 1.79 bits per heavy atom. The molecule has 8 nitrogen and oxygen atoms in total. The van der Waals surface area contributed by atoms with Gasteiger partial charge in [-0.05, 0) is 75.4 Å². The van der Waals surface area contributed by atoms with Gasteiger partial charge in [-0.15, -0.1) is 0 Å². The van der Waals surface area contributed by atoms with Crippen LogP contribution in [0.15, 0.2) is 40.8 Å². The van der Waals surface area contributed by atoms with E-state index in [0.717, 1.165) is 18.5 Å². The molecule has 1 aromatic rings. The molecular formula is C25H40N4O4S. The molecule has 0 saturated carbocycles. The molecule has 0 bridgehead atoms. The average molecular weight is 493 g/mol. The summed E-state index contributed by atoms with van der Waals surface area (Å²) < 4.78 is 28.5. The molecule has 0 aliphatic heterocycles. The number of nitrogens with one attached hydrogen (secondary N) is 3. The van der Waals surface area contributed by atoms with Crippen LogP contribution >= 0.6 is 0 Å². The molecule has 3 atom stereocenters. The lowest BCUT2D eigenvalue weighted by molar-refractivity contribution is -0.122. The van der Waals surface area contributed by atoms with Gasteiger partial charge in [0.05, 0.1) is 4.90 Å². The monoisotopic (exact) mass is 492 g/mol. The van der Waals surface area contributed by atoms with Crippen molar-refractivity contribution >= 4 is 27.5 Å². The molecule has 0 radical (unpaired) electrons. The zero-order valence-corrected chi connectivity index (χ0v) is 22.0. The van der Waals surface area contributed by atoms with Crippen LogP contribution in [0.25, 0.3) is 0 Å². The highest BCUT2D eigenvalue weighted by molar-refractivity contribution is 7.89. The van der Waals surface area contributed by atoms with Gasteiger partial charge in [-0.25, -0.2) is 13.1 Å². The molecular weight excluding hydrogens is 452 g/mol. The van der Waals surface area contributed by atoms with Gasteiger partial charge >= 0.3 is 0 Å². The lowest BCUT2D eigenvalue weighted by atomic mass is 9.70. The molecule has 9 heteroatoms. The minimum absolute atomic E-state index is 0.0569. The Balaban J connectivity index is 2.03. The number of rotatable bonds is 11. The van der Waals surface area contributed by atoms with Crippen molar-refractivity contribution in [3.63, 3.8) is 0 Å². The predicted octanol–water partition coefficient (Wildman–Crippen LogP) is 2.85. The number of hydrogen-bond donors (Lipinski definition) is 3. The Bertz CT molecular complexity index is 971. The molecule has 190 valence electrons. The number of carbonyl (C=O) groups excluding carboxylic acids is 2. The number of hydrogen-bond acceptors (Lipinski definition) is 5. The van der Waals surface area contributed by atoms with Crippen molar-refractivity contribution in [1.82, 2.24) is 14.9 Å². The van der Waals surface area contributed by atoms with Gasteiger partial charge in [0.25, 0.3) is 0 Å². The first kappa shape index (κ1) is 28.0. The Kier molecular flexibility index (Phi) is 10.3. The smallest absolute Gasteiger partial charge is 0.240 e. The third kappa shape index (κ3) is 8.52. The van der Waals surface area contributed by atoms with E-state index in [0.29, 0.717) is 31.1 Å². The topological polar surface area (TPSA) is 108 Å². The summed E-state index contributed by atoms with van der Waals surface area (Å²) in [4.78, 5) is 25.8. The zero-order valence-electron chi connectivity index (χ0n) is 21.2. The molecule has 0 fully saturated rings. The van der Waals surface area contributed by atoms with Crippen LogP contribution in [-0.4, -0.2) is 58.9 Å². The van der Waals surface area contributed by atoms with E-state index in [1.165, 1.54) is 19.1 Å². The number of allylic oxidation sites excluding steroid dienone is 1. The summed E-state index contributed by atoms with van der Waals surface area (Å²) in [6.45, 7) is 9.47. The van der Waals surface area contributed by atoms with Gasteiger partial charge in [-0.2, -0.15) is 0 Å². The molecule has 0 unspecified atom stereocenters. The van der Waals surface area contributed by atoms with Crippen molar-refractivity contribution in [2.45, 2.75) is 45.4 Å². The number of benzene rings is 1. The van der Waals surface area contributed by atoms with E-state index >= 15 is 0 Å². The average Bonchev–Trinajstić information content (AvgIpc) is 2.73. The maximum Gasteiger partial charge on any atom is 0.240 e.